The van der Waals surface area contributed by atoms with Crippen LogP contribution in [-0.2, 0) is 28.2 Å². The maximum absolute atomic E-state index is 12.6. The van der Waals surface area contributed by atoms with Gasteiger partial charge in [-0.3, -0.25) is 4.79 Å². The van der Waals surface area contributed by atoms with Crippen LogP contribution in [0.1, 0.15) is 26.2 Å². The van der Waals surface area contributed by atoms with Crippen molar-refractivity contribution in [2.75, 3.05) is 20.8 Å². The molecule has 0 radical (unpaired) electrons. The normalized spacial score (nSPS) is 27.9. The van der Waals surface area contributed by atoms with E-state index in [2.05, 4.69) is 11.8 Å². The summed E-state index contributed by atoms with van der Waals surface area (Å²) in [6, 6.07) is 0. The minimum Gasteiger partial charge on any atom is -0.493 e. The number of rotatable bonds is 6. The van der Waals surface area contributed by atoms with Crippen LogP contribution in [0.15, 0.2) is 11.5 Å². The summed E-state index contributed by atoms with van der Waals surface area (Å²) in [6.07, 6.45) is 2.38. The van der Waals surface area contributed by atoms with Crippen molar-refractivity contribution in [1.82, 2.24) is 0 Å². The molecule has 0 bridgehead atoms. The first-order valence-corrected chi connectivity index (χ1v) is 12.0. The molecule has 0 amide bonds. The van der Waals surface area contributed by atoms with E-state index in [1.807, 2.05) is 26.6 Å². The van der Waals surface area contributed by atoms with Gasteiger partial charge in [0.25, 0.3) is 5.78 Å². The van der Waals surface area contributed by atoms with E-state index in [4.69, 9.17) is 23.4 Å². The van der Waals surface area contributed by atoms with Crippen LogP contribution >= 0.6 is 0 Å². The van der Waals surface area contributed by atoms with Crippen molar-refractivity contribution in [3.05, 3.63) is 11.5 Å². The predicted molar refractivity (Wildman–Crippen MR) is 95.1 cm³/mol. The highest BCUT2D eigenvalue weighted by Crippen LogP contribution is 2.41. The van der Waals surface area contributed by atoms with Crippen LogP contribution in [0.2, 0.25) is 19.6 Å². The topological polar surface area (TPSA) is 63.2 Å². The van der Waals surface area contributed by atoms with Gasteiger partial charge in [-0.15, -0.1) is 0 Å². The molecule has 0 spiro atoms. The van der Waals surface area contributed by atoms with E-state index in [-0.39, 0.29) is 23.9 Å². The number of carbonyl (C=O) groups excluding carboxylic acids is 1. The van der Waals surface area contributed by atoms with Crippen LogP contribution in [0, 0.1) is 11.8 Å². The van der Waals surface area contributed by atoms with Crippen LogP contribution in [0.3, 0.4) is 0 Å². The van der Waals surface area contributed by atoms with Crippen molar-refractivity contribution in [2.24, 2.45) is 0 Å². The fourth-order valence-electron chi connectivity index (χ4n) is 2.86. The molecule has 6 nitrogen and oxygen atoms in total. The smallest absolute Gasteiger partial charge is 0.252 e. The van der Waals surface area contributed by atoms with Gasteiger partial charge >= 0.3 is 0 Å². The number of Topliss-reactive ketones (excluding diaryl/α,β-unsaturated/α-hetero) is 1. The Morgan fingerprint density at radius 3 is 2.48 bits per heavy atom. The lowest BCUT2D eigenvalue weighted by Crippen LogP contribution is -2.57. The molecule has 0 aromatic rings. The molecular weight excluding hydrogens is 340 g/mol. The number of ether oxygens (including phenoxy) is 4. The molecule has 3 unspecified atom stereocenters. The van der Waals surface area contributed by atoms with Crippen molar-refractivity contribution in [3.8, 4) is 11.8 Å². The van der Waals surface area contributed by atoms with E-state index in [9.17, 15) is 4.79 Å². The average molecular weight is 369 g/mol. The van der Waals surface area contributed by atoms with E-state index < -0.39 is 13.9 Å². The molecule has 1 saturated heterocycles. The lowest BCUT2D eigenvalue weighted by molar-refractivity contribution is -0.173. The summed E-state index contributed by atoms with van der Waals surface area (Å²) >= 11 is 0. The molecule has 1 aliphatic heterocycles. The van der Waals surface area contributed by atoms with Gasteiger partial charge in [0.1, 0.15) is 6.10 Å². The van der Waals surface area contributed by atoms with Crippen molar-refractivity contribution in [2.45, 2.75) is 63.8 Å². The van der Waals surface area contributed by atoms with Gasteiger partial charge in [0.15, 0.2) is 20.4 Å². The Labute approximate surface area is 150 Å². The fourth-order valence-corrected chi connectivity index (χ4v) is 4.01. The molecule has 2 rings (SSSR count). The lowest BCUT2D eigenvalue weighted by Gasteiger charge is -2.41. The number of hydrogen-bond acceptors (Lipinski definition) is 6. The van der Waals surface area contributed by atoms with Gasteiger partial charge in [0.2, 0.25) is 11.4 Å². The van der Waals surface area contributed by atoms with E-state index in [1.54, 1.807) is 0 Å². The zero-order valence-electron chi connectivity index (χ0n) is 15.9. The van der Waals surface area contributed by atoms with Crippen molar-refractivity contribution in [3.63, 3.8) is 0 Å². The molecule has 1 aliphatic carbocycles. The van der Waals surface area contributed by atoms with Gasteiger partial charge in [-0.2, -0.15) is 0 Å². The molecule has 25 heavy (non-hydrogen) atoms. The van der Waals surface area contributed by atoms with Crippen molar-refractivity contribution < 1.29 is 28.2 Å². The summed E-state index contributed by atoms with van der Waals surface area (Å²) in [6.45, 7) is 8.54. The van der Waals surface area contributed by atoms with E-state index in [1.165, 1.54) is 14.2 Å². The number of ketones is 1. The Bertz CT molecular complexity index is 591. The SMILES string of the molecule is COC1=C(OC)C(C#CC(C)OC2CCCCO2)(O[Si](C)(C)C)C1=O. The Morgan fingerprint density at radius 2 is 1.96 bits per heavy atom. The first-order valence-electron chi connectivity index (χ1n) is 8.61. The predicted octanol–water partition coefficient (Wildman–Crippen LogP) is 2.60. The molecule has 2 aliphatic rings. The maximum Gasteiger partial charge on any atom is 0.252 e. The average Bonchev–Trinajstić information content (AvgIpc) is 2.55. The summed E-state index contributed by atoms with van der Waals surface area (Å²) in [5, 5.41) is 0. The van der Waals surface area contributed by atoms with Crippen LogP contribution in [-0.4, -0.2) is 52.9 Å². The largest absolute Gasteiger partial charge is 0.493 e. The Morgan fingerprint density at radius 1 is 1.24 bits per heavy atom. The molecule has 0 N–H and O–H groups in total. The van der Waals surface area contributed by atoms with Crippen molar-refractivity contribution >= 4 is 14.1 Å². The highest BCUT2D eigenvalue weighted by Gasteiger charge is 2.59. The first-order chi connectivity index (χ1) is 11.7. The van der Waals surface area contributed by atoms with Crippen LogP contribution < -0.4 is 0 Å². The summed E-state index contributed by atoms with van der Waals surface area (Å²) in [4.78, 5) is 12.6. The quantitative estimate of drug-likeness (QED) is 0.530. The Balaban J connectivity index is 2.21. The first kappa shape index (κ1) is 20.0. The maximum atomic E-state index is 12.6. The monoisotopic (exact) mass is 368 g/mol. The fraction of sp³-hybridized carbons (Fsp3) is 0.722. The summed E-state index contributed by atoms with van der Waals surface area (Å²) in [5.41, 5.74) is -1.39. The number of methoxy groups -OCH3 is 2. The van der Waals surface area contributed by atoms with Gasteiger partial charge in [0.05, 0.1) is 14.2 Å². The van der Waals surface area contributed by atoms with Gasteiger partial charge in [-0.05, 0) is 51.7 Å². The second-order valence-corrected chi connectivity index (χ2v) is 11.6. The highest BCUT2D eigenvalue weighted by molar-refractivity contribution is 6.70. The minimum absolute atomic E-state index is 0.166. The van der Waals surface area contributed by atoms with Crippen LogP contribution in [0.4, 0.5) is 0 Å². The molecule has 7 heteroatoms. The van der Waals surface area contributed by atoms with E-state index in [0.717, 1.165) is 19.3 Å². The second kappa shape index (κ2) is 7.91. The zero-order valence-corrected chi connectivity index (χ0v) is 16.9. The highest BCUT2D eigenvalue weighted by atomic mass is 28.4. The minimum atomic E-state index is -2.08. The third kappa shape index (κ3) is 4.45. The molecule has 0 saturated carbocycles. The molecule has 0 aromatic heterocycles. The van der Waals surface area contributed by atoms with Gasteiger partial charge in [0, 0.05) is 6.61 Å². The summed E-state index contributed by atoms with van der Waals surface area (Å²) in [7, 11) is 0.844. The molecule has 3 atom stereocenters. The van der Waals surface area contributed by atoms with E-state index in [0.29, 0.717) is 12.4 Å². The standard InChI is InChI=1S/C18H28O6Si/c1-13(23-14-9-7-8-12-22-14)10-11-18(24-25(4,5)6)16(19)15(20-2)17(18)21-3/h13-14H,7-9,12H2,1-6H3. The number of carbonyl (C=O) groups is 1. The summed E-state index contributed by atoms with van der Waals surface area (Å²) in [5.74, 6) is 6.14. The molecule has 0 aromatic carbocycles. The molecule has 1 fully saturated rings. The van der Waals surface area contributed by atoms with E-state index >= 15 is 0 Å². The molecule has 140 valence electrons. The third-order valence-electron chi connectivity index (χ3n) is 3.86. The third-order valence-corrected chi connectivity index (χ3v) is 4.78. The zero-order chi connectivity index (χ0) is 18.7. The van der Waals surface area contributed by atoms with Gasteiger partial charge in [-0.25, -0.2) is 0 Å². The van der Waals surface area contributed by atoms with Gasteiger partial charge < -0.3 is 23.4 Å². The Kier molecular flexibility index (Phi) is 6.33. The molecular formula is C18H28O6Si. The lowest BCUT2D eigenvalue weighted by atomic mass is 9.83. The van der Waals surface area contributed by atoms with Gasteiger partial charge in [-0.1, -0.05) is 5.92 Å². The van der Waals surface area contributed by atoms with Crippen LogP contribution in [0.5, 0.6) is 0 Å². The van der Waals surface area contributed by atoms with Crippen LogP contribution in [0.25, 0.3) is 0 Å². The Hall–Kier alpha value is -1.33. The second-order valence-electron chi connectivity index (χ2n) is 7.14. The molecule has 1 heterocycles. The number of hydrogen-bond donors (Lipinski definition) is 0. The van der Waals surface area contributed by atoms with Crippen molar-refractivity contribution in [1.29, 1.82) is 0 Å². The summed E-state index contributed by atoms with van der Waals surface area (Å²) < 4.78 is 28.0.